The average molecular weight is 345 g/mol. The van der Waals surface area contributed by atoms with E-state index >= 15 is 0 Å². The maximum absolute atomic E-state index is 11.5. The molecule has 0 rings (SSSR count). The highest BCUT2D eigenvalue weighted by molar-refractivity contribution is 4.71. The molecule has 0 saturated heterocycles. The van der Waals surface area contributed by atoms with E-state index in [2.05, 4.69) is 6.92 Å². The fourth-order valence-electron chi connectivity index (χ4n) is 3.18. The van der Waals surface area contributed by atoms with Gasteiger partial charge in [-0.1, -0.05) is 96.8 Å². The summed E-state index contributed by atoms with van der Waals surface area (Å²) in [4.78, 5) is 0. The van der Waals surface area contributed by atoms with Gasteiger partial charge < -0.3 is 20.5 Å². The molecule has 0 aromatic rings. The Balaban J connectivity index is 3.24. The van der Waals surface area contributed by atoms with E-state index in [0.717, 1.165) is 24.3 Å². The summed E-state index contributed by atoms with van der Waals surface area (Å²) < 4.78 is 0. The molecule has 0 aliphatic rings. The molecule has 0 heterocycles. The summed E-state index contributed by atoms with van der Waals surface area (Å²) in [7, 11) is 0. The Labute approximate surface area is 150 Å². The Bertz CT molecular complexity index is 239. The quantitative estimate of drug-likeness (QED) is 0.255. The third kappa shape index (κ3) is 15.4. The van der Waals surface area contributed by atoms with Gasteiger partial charge in [0, 0.05) is 12.6 Å². The molecule has 4 nitrogen and oxygen atoms in total. The van der Waals surface area contributed by atoms with Crippen LogP contribution in [0.4, 0.5) is 0 Å². The highest BCUT2D eigenvalue weighted by atomic mass is 16.5. The zero-order valence-electron chi connectivity index (χ0n) is 16.1. The fraction of sp³-hybridized carbons (Fsp3) is 1.00. The minimum absolute atomic E-state index is 0.101. The van der Waals surface area contributed by atoms with E-state index in [-0.39, 0.29) is 25.8 Å². The Morgan fingerprint density at radius 3 is 1.50 bits per heavy atom. The van der Waals surface area contributed by atoms with Crippen LogP contribution < -0.4 is 0 Å². The minimum Gasteiger partial charge on any atom is -0.785 e. The first-order chi connectivity index (χ1) is 11.8. The molecule has 2 N–H and O–H groups in total. The molecule has 4 heteroatoms. The second-order valence-electron chi connectivity index (χ2n) is 7.09. The largest absolute Gasteiger partial charge is 0.785 e. The van der Waals surface area contributed by atoms with Gasteiger partial charge >= 0.3 is 0 Å². The Morgan fingerprint density at radius 1 is 0.708 bits per heavy atom. The van der Waals surface area contributed by atoms with Crippen molar-refractivity contribution >= 4 is 0 Å². The van der Waals surface area contributed by atoms with Crippen LogP contribution in [0.3, 0.4) is 0 Å². The molecule has 0 spiro atoms. The molecular weight excluding hydrogens is 302 g/mol. The zero-order valence-corrected chi connectivity index (χ0v) is 16.1. The predicted molar refractivity (Wildman–Crippen MR) is 103 cm³/mol. The van der Waals surface area contributed by atoms with Crippen molar-refractivity contribution in [2.24, 2.45) is 0 Å². The molecule has 146 valence electrons. The van der Waals surface area contributed by atoms with Crippen LogP contribution in [-0.4, -0.2) is 41.1 Å². The summed E-state index contributed by atoms with van der Waals surface area (Å²) in [6, 6.07) is -0.338. The van der Waals surface area contributed by atoms with Gasteiger partial charge in [0.25, 0.3) is 0 Å². The highest BCUT2D eigenvalue weighted by Gasteiger charge is 2.08. The average Bonchev–Trinajstić information content (AvgIpc) is 2.58. The molecular formula is C20H42NO3-. The molecule has 0 bridgehead atoms. The molecule has 0 aliphatic heterocycles. The number of aliphatic hydroxyl groups excluding tert-OH is 2. The summed E-state index contributed by atoms with van der Waals surface area (Å²) >= 11 is 0. The Hall–Kier alpha value is -0.160. The first kappa shape index (κ1) is 23.8. The smallest absolute Gasteiger partial charge is 0.0577 e. The number of hydrogen-bond donors (Lipinski definition) is 2. The van der Waals surface area contributed by atoms with Crippen molar-refractivity contribution in [3.05, 3.63) is 5.21 Å². The number of unbranched alkanes of at least 4 members (excludes halogenated alkanes) is 13. The summed E-state index contributed by atoms with van der Waals surface area (Å²) in [5, 5.41) is 30.3. The highest BCUT2D eigenvalue weighted by Crippen LogP contribution is 2.14. The van der Waals surface area contributed by atoms with Crippen molar-refractivity contribution < 1.29 is 10.2 Å². The van der Waals surface area contributed by atoms with Crippen LogP contribution in [0, 0.1) is 5.21 Å². The van der Waals surface area contributed by atoms with Crippen LogP contribution in [0.15, 0.2) is 0 Å². The number of nitrogens with zero attached hydrogens (tertiary/aromatic N) is 1. The van der Waals surface area contributed by atoms with Crippen LogP contribution in [0.1, 0.15) is 103 Å². The van der Waals surface area contributed by atoms with Crippen molar-refractivity contribution in [1.82, 2.24) is 5.06 Å². The first-order valence-corrected chi connectivity index (χ1v) is 10.4. The van der Waals surface area contributed by atoms with E-state index in [1.165, 1.54) is 77.0 Å². The monoisotopic (exact) mass is 344 g/mol. The van der Waals surface area contributed by atoms with Crippen LogP contribution in [0.5, 0.6) is 0 Å². The standard InChI is InChI=1S/C20H42NO3/c1-2-3-4-5-6-7-8-9-10-11-12-13-14-15-16-20(19-23)21(24)17-18-22/h20,22-23H,2-19H2,1H3/q-1. The van der Waals surface area contributed by atoms with E-state index < -0.39 is 0 Å². The summed E-state index contributed by atoms with van der Waals surface area (Å²) in [6.45, 7) is 2.12. The van der Waals surface area contributed by atoms with Gasteiger partial charge in [-0.2, -0.15) is 0 Å². The number of aliphatic hydroxyl groups is 2. The van der Waals surface area contributed by atoms with E-state index in [0.29, 0.717) is 0 Å². The number of rotatable bonds is 19. The summed E-state index contributed by atoms with van der Waals surface area (Å²) in [5.74, 6) is 0. The lowest BCUT2D eigenvalue weighted by Crippen LogP contribution is -2.35. The van der Waals surface area contributed by atoms with Gasteiger partial charge in [0.2, 0.25) is 0 Å². The normalized spacial score (nSPS) is 12.9. The molecule has 0 radical (unpaired) electrons. The van der Waals surface area contributed by atoms with Crippen LogP contribution >= 0.6 is 0 Å². The van der Waals surface area contributed by atoms with Gasteiger partial charge in [-0.05, 0) is 6.42 Å². The van der Waals surface area contributed by atoms with Crippen molar-refractivity contribution in [2.75, 3.05) is 19.8 Å². The van der Waals surface area contributed by atoms with Crippen LogP contribution in [0.2, 0.25) is 0 Å². The number of hydrogen-bond acceptors (Lipinski definition) is 4. The van der Waals surface area contributed by atoms with Gasteiger partial charge in [0.05, 0.1) is 13.2 Å². The minimum atomic E-state index is -0.338. The van der Waals surface area contributed by atoms with Crippen molar-refractivity contribution in [3.8, 4) is 0 Å². The van der Waals surface area contributed by atoms with Crippen molar-refractivity contribution in [3.63, 3.8) is 0 Å². The lowest BCUT2D eigenvalue weighted by molar-refractivity contribution is 0.133. The molecule has 0 fully saturated rings. The zero-order chi connectivity index (χ0) is 17.9. The second-order valence-corrected chi connectivity index (χ2v) is 7.09. The van der Waals surface area contributed by atoms with Gasteiger partial charge in [-0.3, -0.25) is 0 Å². The fourth-order valence-corrected chi connectivity index (χ4v) is 3.18. The van der Waals surface area contributed by atoms with E-state index in [1.807, 2.05) is 0 Å². The number of hydroxylamine groups is 2. The maximum atomic E-state index is 11.5. The third-order valence-electron chi connectivity index (χ3n) is 4.83. The molecule has 0 saturated carbocycles. The lowest BCUT2D eigenvalue weighted by Gasteiger charge is -2.35. The van der Waals surface area contributed by atoms with E-state index in [4.69, 9.17) is 5.11 Å². The maximum Gasteiger partial charge on any atom is 0.0577 e. The summed E-state index contributed by atoms with van der Waals surface area (Å²) in [6.07, 6.45) is 19.2. The Kier molecular flexibility index (Phi) is 19.0. The van der Waals surface area contributed by atoms with E-state index in [9.17, 15) is 10.3 Å². The lowest BCUT2D eigenvalue weighted by atomic mass is 10.0. The predicted octanol–water partition coefficient (Wildman–Crippen LogP) is 5.01. The molecule has 24 heavy (non-hydrogen) atoms. The van der Waals surface area contributed by atoms with Gasteiger partial charge in [-0.25, -0.2) is 0 Å². The first-order valence-electron chi connectivity index (χ1n) is 10.4. The summed E-state index contributed by atoms with van der Waals surface area (Å²) in [5.41, 5.74) is 0. The van der Waals surface area contributed by atoms with Crippen LogP contribution in [-0.2, 0) is 0 Å². The second kappa shape index (κ2) is 19.2. The Morgan fingerprint density at radius 2 is 1.12 bits per heavy atom. The van der Waals surface area contributed by atoms with Crippen molar-refractivity contribution in [2.45, 2.75) is 109 Å². The SMILES string of the molecule is CCCCCCCCCCCCCCCCC(CO)N([O-])CCO. The van der Waals surface area contributed by atoms with Crippen molar-refractivity contribution in [1.29, 1.82) is 0 Å². The molecule has 1 unspecified atom stereocenters. The molecule has 0 aromatic carbocycles. The van der Waals surface area contributed by atoms with Crippen LogP contribution in [0.25, 0.3) is 0 Å². The molecule has 1 atom stereocenters. The molecule has 0 aliphatic carbocycles. The topological polar surface area (TPSA) is 66.8 Å². The molecule has 0 amide bonds. The molecule has 0 aromatic heterocycles. The third-order valence-corrected chi connectivity index (χ3v) is 4.83. The van der Waals surface area contributed by atoms with Gasteiger partial charge in [0.1, 0.15) is 0 Å². The van der Waals surface area contributed by atoms with Gasteiger partial charge in [0.15, 0.2) is 0 Å². The van der Waals surface area contributed by atoms with Gasteiger partial charge in [-0.15, -0.1) is 0 Å². The van der Waals surface area contributed by atoms with E-state index in [1.54, 1.807) is 0 Å².